The van der Waals surface area contributed by atoms with Crippen LogP contribution in [0.25, 0.3) is 0 Å². The van der Waals surface area contributed by atoms with Crippen molar-refractivity contribution in [1.82, 2.24) is 10.2 Å². The van der Waals surface area contributed by atoms with E-state index in [0.29, 0.717) is 11.6 Å². The second-order valence-corrected chi connectivity index (χ2v) is 6.56. The number of rotatable bonds is 4. The van der Waals surface area contributed by atoms with Gasteiger partial charge < -0.3 is 15.0 Å². The molecule has 6 nitrogen and oxygen atoms in total. The molecular formula is C14H22N2O4S. The predicted octanol–water partition coefficient (Wildman–Crippen LogP) is 0.756. The zero-order chi connectivity index (χ0) is 15.4. The Labute approximate surface area is 129 Å². The Hall–Kier alpha value is -1.24. The molecule has 2 amide bonds. The van der Waals surface area contributed by atoms with Gasteiger partial charge in [0.05, 0.1) is 13.0 Å². The maximum Gasteiger partial charge on any atom is 0.328 e. The molecule has 2 aliphatic rings. The first-order chi connectivity index (χ1) is 10.0. The number of nitrogens with zero attached hydrogens (tertiary/aromatic N) is 1. The maximum atomic E-state index is 12.5. The van der Waals surface area contributed by atoms with Gasteiger partial charge in [-0.1, -0.05) is 12.8 Å². The number of carbonyl (C=O) groups excluding carboxylic acids is 3. The molecule has 1 saturated heterocycles. The minimum absolute atomic E-state index is 0.0667. The third kappa shape index (κ3) is 3.70. The van der Waals surface area contributed by atoms with Crippen LogP contribution in [0.2, 0.25) is 0 Å². The summed E-state index contributed by atoms with van der Waals surface area (Å²) in [6.07, 6.45) is 4.03. The van der Waals surface area contributed by atoms with E-state index in [1.165, 1.54) is 7.11 Å². The van der Waals surface area contributed by atoms with Crippen LogP contribution in [0.15, 0.2) is 0 Å². The monoisotopic (exact) mass is 314 g/mol. The quantitative estimate of drug-likeness (QED) is 0.775. The van der Waals surface area contributed by atoms with Crippen molar-refractivity contribution in [3.63, 3.8) is 0 Å². The summed E-state index contributed by atoms with van der Waals surface area (Å²) in [4.78, 5) is 37.8. The second kappa shape index (κ2) is 7.15. The van der Waals surface area contributed by atoms with Crippen molar-refractivity contribution in [1.29, 1.82) is 0 Å². The lowest BCUT2D eigenvalue weighted by molar-refractivity contribution is -0.146. The molecule has 2 rings (SSSR count). The molecule has 0 spiro atoms. The number of carbonyl (C=O) groups is 3. The molecule has 1 heterocycles. The zero-order valence-electron chi connectivity index (χ0n) is 12.5. The number of esters is 1. The van der Waals surface area contributed by atoms with Gasteiger partial charge in [-0.05, 0) is 19.8 Å². The molecule has 1 aliphatic carbocycles. The number of hydrogen-bond donors (Lipinski definition) is 1. The highest BCUT2D eigenvalue weighted by Gasteiger charge is 2.38. The predicted molar refractivity (Wildman–Crippen MR) is 79.5 cm³/mol. The van der Waals surface area contributed by atoms with E-state index in [-0.39, 0.29) is 17.7 Å². The average molecular weight is 314 g/mol. The van der Waals surface area contributed by atoms with Gasteiger partial charge in [-0.2, -0.15) is 0 Å². The molecule has 1 N–H and O–H groups in total. The molecule has 118 valence electrons. The summed E-state index contributed by atoms with van der Waals surface area (Å²) in [6.45, 7) is 1.58. The first-order valence-corrected chi connectivity index (χ1v) is 8.46. The molecule has 0 aromatic heterocycles. The Balaban J connectivity index is 1.95. The fourth-order valence-corrected chi connectivity index (χ4v) is 3.99. The van der Waals surface area contributed by atoms with E-state index in [0.717, 1.165) is 25.7 Å². The summed E-state index contributed by atoms with van der Waals surface area (Å²) in [7, 11) is 1.28. The van der Waals surface area contributed by atoms with Crippen molar-refractivity contribution >= 4 is 29.5 Å². The molecule has 0 aromatic rings. The summed E-state index contributed by atoms with van der Waals surface area (Å²) in [6, 6.07) is -1.17. The molecule has 1 saturated carbocycles. The summed E-state index contributed by atoms with van der Waals surface area (Å²) in [5, 5.41) is 2.63. The molecule has 0 bridgehead atoms. The highest BCUT2D eigenvalue weighted by atomic mass is 32.2. The van der Waals surface area contributed by atoms with Crippen LogP contribution in [0.5, 0.6) is 0 Å². The largest absolute Gasteiger partial charge is 0.467 e. The zero-order valence-corrected chi connectivity index (χ0v) is 13.3. The molecule has 1 unspecified atom stereocenters. The van der Waals surface area contributed by atoms with Gasteiger partial charge in [-0.15, -0.1) is 11.8 Å². The van der Waals surface area contributed by atoms with Gasteiger partial charge in [0.1, 0.15) is 12.1 Å². The first-order valence-electron chi connectivity index (χ1n) is 7.31. The number of methoxy groups -OCH3 is 1. The van der Waals surface area contributed by atoms with Crippen LogP contribution >= 0.6 is 11.8 Å². The van der Waals surface area contributed by atoms with Crippen LogP contribution in [-0.2, 0) is 19.1 Å². The van der Waals surface area contributed by atoms with Gasteiger partial charge in [-0.3, -0.25) is 9.59 Å². The van der Waals surface area contributed by atoms with E-state index in [2.05, 4.69) is 10.1 Å². The standard InChI is InChI=1S/C14H22N2O4S/c1-9(14(19)20-2)15-12(17)11-7-21-8-16(11)13(18)10-5-3-4-6-10/h9-11H,3-8H2,1-2H3,(H,15,17)/t9-,11?/m0/s1. The molecule has 0 aromatic carbocycles. The van der Waals surface area contributed by atoms with Crippen LogP contribution in [0.4, 0.5) is 0 Å². The van der Waals surface area contributed by atoms with Gasteiger partial charge in [0.15, 0.2) is 0 Å². The van der Waals surface area contributed by atoms with Gasteiger partial charge in [0.2, 0.25) is 11.8 Å². The maximum absolute atomic E-state index is 12.5. The SMILES string of the molecule is COC(=O)[C@H](C)NC(=O)C1CSCN1C(=O)C1CCCC1. The van der Waals surface area contributed by atoms with Crippen molar-refractivity contribution in [3.05, 3.63) is 0 Å². The van der Waals surface area contributed by atoms with Crippen molar-refractivity contribution in [2.75, 3.05) is 18.7 Å². The third-order valence-electron chi connectivity index (χ3n) is 4.09. The summed E-state index contributed by atoms with van der Waals surface area (Å²) in [5.41, 5.74) is 0. The van der Waals surface area contributed by atoms with Crippen molar-refractivity contribution < 1.29 is 19.1 Å². The Kier molecular flexibility index (Phi) is 5.50. The molecule has 1 aliphatic heterocycles. The van der Waals surface area contributed by atoms with E-state index >= 15 is 0 Å². The van der Waals surface area contributed by atoms with Gasteiger partial charge in [-0.25, -0.2) is 4.79 Å². The van der Waals surface area contributed by atoms with Crippen LogP contribution in [0, 0.1) is 5.92 Å². The molecular weight excluding hydrogens is 292 g/mol. The number of ether oxygens (including phenoxy) is 1. The summed E-state index contributed by atoms with van der Waals surface area (Å²) >= 11 is 1.58. The minimum Gasteiger partial charge on any atom is -0.467 e. The number of thioether (sulfide) groups is 1. The lowest BCUT2D eigenvalue weighted by Gasteiger charge is -2.26. The molecule has 0 radical (unpaired) electrons. The van der Waals surface area contributed by atoms with Crippen LogP contribution in [0.1, 0.15) is 32.6 Å². The van der Waals surface area contributed by atoms with E-state index in [4.69, 9.17) is 0 Å². The van der Waals surface area contributed by atoms with E-state index < -0.39 is 18.1 Å². The Morgan fingerprint density at radius 1 is 1.29 bits per heavy atom. The smallest absolute Gasteiger partial charge is 0.328 e. The van der Waals surface area contributed by atoms with E-state index in [9.17, 15) is 14.4 Å². The Morgan fingerprint density at radius 3 is 2.57 bits per heavy atom. The Morgan fingerprint density at radius 2 is 1.95 bits per heavy atom. The average Bonchev–Trinajstić information content (AvgIpc) is 3.16. The minimum atomic E-state index is -0.698. The molecule has 7 heteroatoms. The topological polar surface area (TPSA) is 75.7 Å². The second-order valence-electron chi connectivity index (χ2n) is 5.56. The number of amides is 2. The van der Waals surface area contributed by atoms with Crippen LogP contribution in [0.3, 0.4) is 0 Å². The lowest BCUT2D eigenvalue weighted by atomic mass is 10.1. The normalized spacial score (nSPS) is 23.9. The van der Waals surface area contributed by atoms with Crippen molar-refractivity contribution in [2.24, 2.45) is 5.92 Å². The van der Waals surface area contributed by atoms with Crippen LogP contribution in [-0.4, -0.2) is 53.5 Å². The van der Waals surface area contributed by atoms with Gasteiger partial charge >= 0.3 is 5.97 Å². The summed E-state index contributed by atoms with van der Waals surface area (Å²) in [5.74, 6) is 0.533. The highest BCUT2D eigenvalue weighted by Crippen LogP contribution is 2.30. The molecule has 2 atom stereocenters. The van der Waals surface area contributed by atoms with Crippen molar-refractivity contribution in [3.8, 4) is 0 Å². The molecule has 2 fully saturated rings. The fraction of sp³-hybridized carbons (Fsp3) is 0.786. The third-order valence-corrected chi connectivity index (χ3v) is 5.10. The highest BCUT2D eigenvalue weighted by molar-refractivity contribution is 7.99. The van der Waals surface area contributed by atoms with Crippen molar-refractivity contribution in [2.45, 2.75) is 44.7 Å². The lowest BCUT2D eigenvalue weighted by Crippen LogP contribution is -2.52. The molecule has 21 heavy (non-hydrogen) atoms. The fourth-order valence-electron chi connectivity index (χ4n) is 2.83. The number of nitrogens with one attached hydrogen (secondary N) is 1. The van der Waals surface area contributed by atoms with E-state index in [1.54, 1.807) is 23.6 Å². The van der Waals surface area contributed by atoms with Gasteiger partial charge in [0, 0.05) is 11.7 Å². The Bertz CT molecular complexity index is 423. The first kappa shape index (κ1) is 16.1. The summed E-state index contributed by atoms with van der Waals surface area (Å²) < 4.78 is 4.59. The van der Waals surface area contributed by atoms with E-state index in [1.807, 2.05) is 0 Å². The number of hydrogen-bond acceptors (Lipinski definition) is 5. The van der Waals surface area contributed by atoms with Crippen LogP contribution < -0.4 is 5.32 Å². The van der Waals surface area contributed by atoms with Gasteiger partial charge in [0.25, 0.3) is 0 Å².